The smallest absolute Gasteiger partial charge is 0.266 e. The van der Waals surface area contributed by atoms with E-state index in [0.717, 1.165) is 88.8 Å². The lowest BCUT2D eigenvalue weighted by Crippen LogP contribution is -2.61. The van der Waals surface area contributed by atoms with Gasteiger partial charge in [-0.2, -0.15) is 5.26 Å². The zero-order chi connectivity index (χ0) is 23.7. The maximum absolute atomic E-state index is 13.7. The average Bonchev–Trinajstić information content (AvgIpc) is 3.25. The molecule has 9 heteroatoms. The number of hydrogen-bond acceptors (Lipinski definition) is 8. The van der Waals surface area contributed by atoms with Crippen molar-refractivity contribution in [2.45, 2.75) is 44.7 Å². The Morgan fingerprint density at radius 1 is 1.15 bits per heavy atom. The van der Waals surface area contributed by atoms with Crippen LogP contribution in [0.15, 0.2) is 29.7 Å². The molecule has 0 unspecified atom stereocenters. The van der Waals surface area contributed by atoms with Crippen LogP contribution in [-0.4, -0.2) is 96.3 Å². The summed E-state index contributed by atoms with van der Waals surface area (Å²) in [7, 11) is 0. The lowest BCUT2D eigenvalue weighted by Gasteiger charge is -2.49. The Morgan fingerprint density at radius 2 is 1.88 bits per heavy atom. The number of aromatic nitrogens is 1. The molecule has 34 heavy (non-hydrogen) atoms. The van der Waals surface area contributed by atoms with Gasteiger partial charge in [-0.05, 0) is 39.2 Å². The predicted molar refractivity (Wildman–Crippen MR) is 130 cm³/mol. The van der Waals surface area contributed by atoms with Crippen molar-refractivity contribution in [2.75, 3.05) is 69.4 Å². The number of ether oxygens (including phenoxy) is 1. The molecule has 4 aliphatic heterocycles. The molecule has 0 atom stereocenters. The van der Waals surface area contributed by atoms with Crippen LogP contribution < -0.4 is 10.2 Å². The molecule has 0 saturated carbocycles. The Kier molecular flexibility index (Phi) is 6.47. The number of nitrogens with one attached hydrogen (secondary N) is 1. The first-order valence-electron chi connectivity index (χ1n) is 12.5. The van der Waals surface area contributed by atoms with Gasteiger partial charge in [0, 0.05) is 45.5 Å². The fourth-order valence-electron chi connectivity index (χ4n) is 5.67. The third-order valence-electron chi connectivity index (χ3n) is 7.81. The molecule has 5 rings (SSSR count). The van der Waals surface area contributed by atoms with E-state index in [1.807, 2.05) is 11.0 Å². The molecule has 1 aromatic rings. The number of nitriles is 1. The minimum Gasteiger partial charge on any atom is -0.378 e. The second-order valence-electron chi connectivity index (χ2n) is 10.1. The molecule has 3 fully saturated rings. The van der Waals surface area contributed by atoms with Gasteiger partial charge < -0.3 is 19.9 Å². The Labute approximate surface area is 201 Å². The predicted octanol–water partition coefficient (Wildman–Crippen LogP) is 1.86. The zero-order valence-electron chi connectivity index (χ0n) is 20.3. The van der Waals surface area contributed by atoms with Crippen molar-refractivity contribution in [1.29, 1.82) is 5.26 Å². The molecule has 9 nitrogen and oxygen atoms in total. The fourth-order valence-corrected chi connectivity index (χ4v) is 5.67. The molecule has 0 aromatic carbocycles. The molecule has 182 valence electrons. The highest BCUT2D eigenvalue weighted by atomic mass is 16.5. The van der Waals surface area contributed by atoms with Crippen LogP contribution >= 0.6 is 0 Å². The van der Waals surface area contributed by atoms with Gasteiger partial charge in [-0.3, -0.25) is 19.6 Å². The number of likely N-dealkylation sites (tertiary alicyclic amines) is 1. The van der Waals surface area contributed by atoms with Crippen molar-refractivity contribution in [3.8, 4) is 6.07 Å². The molecule has 0 bridgehead atoms. The topological polar surface area (TPSA) is 88.0 Å². The van der Waals surface area contributed by atoms with Gasteiger partial charge in [0.15, 0.2) is 0 Å². The number of carbonyl (C=O) groups is 1. The number of pyridine rings is 1. The Hall–Kier alpha value is -2.67. The van der Waals surface area contributed by atoms with E-state index in [0.29, 0.717) is 12.7 Å². The monoisotopic (exact) mass is 465 g/mol. The third kappa shape index (κ3) is 4.15. The van der Waals surface area contributed by atoms with Gasteiger partial charge in [0.05, 0.1) is 54.7 Å². The van der Waals surface area contributed by atoms with Crippen LogP contribution in [0.3, 0.4) is 0 Å². The quantitative estimate of drug-likeness (QED) is 0.521. The van der Waals surface area contributed by atoms with E-state index >= 15 is 0 Å². The molecular formula is C25H35N7O2. The molecule has 0 aliphatic carbocycles. The maximum Gasteiger partial charge on any atom is 0.266 e. The van der Waals surface area contributed by atoms with E-state index < -0.39 is 5.54 Å². The summed E-state index contributed by atoms with van der Waals surface area (Å²) in [6.07, 6.45) is 6.70. The number of fused-ring (bicyclic) bond motifs is 1. The summed E-state index contributed by atoms with van der Waals surface area (Å²) in [5.41, 5.74) is 2.41. The van der Waals surface area contributed by atoms with Gasteiger partial charge in [0.25, 0.3) is 5.91 Å². The minimum atomic E-state index is -0.509. The minimum absolute atomic E-state index is 0.141. The SMILES string of the molecule is CC(C)(C(=C(C#N)C(=O)N1CCCCC1)N1CNc2cnccc21)N1CCN(C2COC2)CC1. The van der Waals surface area contributed by atoms with Crippen molar-refractivity contribution < 1.29 is 9.53 Å². The highest BCUT2D eigenvalue weighted by Crippen LogP contribution is 2.40. The number of anilines is 2. The average molecular weight is 466 g/mol. The van der Waals surface area contributed by atoms with Crippen LogP contribution in [0, 0.1) is 11.3 Å². The maximum atomic E-state index is 13.7. The summed E-state index contributed by atoms with van der Waals surface area (Å²) in [4.78, 5) is 26.9. The molecule has 1 aromatic heterocycles. The molecule has 4 aliphatic rings. The summed E-state index contributed by atoms with van der Waals surface area (Å²) in [5, 5.41) is 13.8. The summed E-state index contributed by atoms with van der Waals surface area (Å²) in [6.45, 7) is 11.6. The molecule has 0 radical (unpaired) electrons. The van der Waals surface area contributed by atoms with E-state index in [-0.39, 0.29) is 11.5 Å². The second kappa shape index (κ2) is 9.53. The van der Waals surface area contributed by atoms with E-state index in [1.54, 1.807) is 12.4 Å². The van der Waals surface area contributed by atoms with E-state index in [1.165, 1.54) is 0 Å². The van der Waals surface area contributed by atoms with Gasteiger partial charge in [-0.1, -0.05) is 0 Å². The molecule has 1 N–H and O–H groups in total. The number of amides is 1. The highest BCUT2D eigenvalue weighted by molar-refractivity contribution is 5.99. The van der Waals surface area contributed by atoms with Gasteiger partial charge in [0.2, 0.25) is 0 Å². The lowest BCUT2D eigenvalue weighted by molar-refractivity contribution is -0.127. The molecular weight excluding hydrogens is 430 g/mol. The Balaban J connectivity index is 1.50. The lowest BCUT2D eigenvalue weighted by atomic mass is 9.90. The fraction of sp³-hybridized carbons (Fsp3) is 0.640. The number of piperidine rings is 1. The Morgan fingerprint density at radius 3 is 2.53 bits per heavy atom. The van der Waals surface area contributed by atoms with Crippen LogP contribution in [0.25, 0.3) is 0 Å². The number of piperazine rings is 1. The van der Waals surface area contributed by atoms with Gasteiger partial charge in [0.1, 0.15) is 11.6 Å². The first-order valence-corrected chi connectivity index (χ1v) is 12.5. The summed E-state index contributed by atoms with van der Waals surface area (Å²) < 4.78 is 5.39. The number of hydrogen-bond donors (Lipinski definition) is 1. The normalized spacial score (nSPS) is 23.0. The van der Waals surface area contributed by atoms with Crippen molar-refractivity contribution in [3.05, 3.63) is 29.7 Å². The van der Waals surface area contributed by atoms with Crippen LogP contribution in [-0.2, 0) is 9.53 Å². The summed E-state index contributed by atoms with van der Waals surface area (Å²) in [5.74, 6) is -0.141. The largest absolute Gasteiger partial charge is 0.378 e. The van der Waals surface area contributed by atoms with Gasteiger partial charge in [-0.15, -0.1) is 0 Å². The third-order valence-corrected chi connectivity index (χ3v) is 7.81. The summed E-state index contributed by atoms with van der Waals surface area (Å²) >= 11 is 0. The van der Waals surface area contributed by atoms with Gasteiger partial charge in [-0.25, -0.2) is 0 Å². The van der Waals surface area contributed by atoms with Crippen molar-refractivity contribution >= 4 is 17.3 Å². The van der Waals surface area contributed by atoms with Crippen LogP contribution in [0.2, 0.25) is 0 Å². The van der Waals surface area contributed by atoms with E-state index in [4.69, 9.17) is 4.74 Å². The number of nitrogens with zero attached hydrogens (tertiary/aromatic N) is 6. The van der Waals surface area contributed by atoms with Crippen molar-refractivity contribution in [1.82, 2.24) is 19.7 Å². The van der Waals surface area contributed by atoms with E-state index in [2.05, 4.69) is 44.9 Å². The van der Waals surface area contributed by atoms with Crippen LogP contribution in [0.4, 0.5) is 11.4 Å². The zero-order valence-corrected chi connectivity index (χ0v) is 20.3. The number of carbonyl (C=O) groups excluding carboxylic acids is 1. The van der Waals surface area contributed by atoms with Crippen LogP contribution in [0.1, 0.15) is 33.1 Å². The summed E-state index contributed by atoms with van der Waals surface area (Å²) in [6, 6.07) is 4.83. The molecule has 0 spiro atoms. The van der Waals surface area contributed by atoms with Crippen molar-refractivity contribution in [3.63, 3.8) is 0 Å². The number of rotatable bonds is 5. The highest BCUT2D eigenvalue weighted by Gasteiger charge is 2.43. The second-order valence-corrected chi connectivity index (χ2v) is 10.1. The van der Waals surface area contributed by atoms with Crippen molar-refractivity contribution in [2.24, 2.45) is 0 Å². The van der Waals surface area contributed by atoms with Gasteiger partial charge >= 0.3 is 0 Å². The Bertz CT molecular complexity index is 983. The van der Waals surface area contributed by atoms with E-state index in [9.17, 15) is 10.1 Å². The van der Waals surface area contributed by atoms with Crippen LogP contribution in [0.5, 0.6) is 0 Å². The molecule has 3 saturated heterocycles. The standard InChI is InChI=1S/C25H35N7O2/c1-25(2,31-12-10-29(11-13-31)19-16-34-17-19)23(32-18-28-21-15-27-7-6-22(21)32)20(14-26)24(33)30-8-4-3-5-9-30/h6-7,15,19,28H,3-5,8-13,16-18H2,1-2H3. The molecule has 1 amide bonds. The first-order chi connectivity index (χ1) is 16.5. The molecule has 5 heterocycles. The first kappa shape index (κ1) is 23.1.